The van der Waals surface area contributed by atoms with Crippen LogP contribution in [0.15, 0.2) is 0 Å². The Bertz CT molecular complexity index is 780. The topological polar surface area (TPSA) is 346 Å². The third-order valence-electron chi connectivity index (χ3n) is 9.97. The SMILES string of the molecule is CCC(CC)(CCCCC(N)(N)N)C(=O)O.CCC(CC)(CCCCC(N)(N)N)C(=O)O.CCC(CC)(CCCCC(N)(N)N)C(=O)O.[Gd]. The zero-order chi connectivity index (χ0) is 38.5. The second kappa shape index (κ2) is 26.2. The molecule has 0 saturated carbocycles. The van der Waals surface area contributed by atoms with Gasteiger partial charge in [0.1, 0.15) is 17.4 Å². The molecule has 21 N–H and O–H groups in total. The molecule has 49 heavy (non-hydrogen) atoms. The van der Waals surface area contributed by atoms with Crippen molar-refractivity contribution in [3.63, 3.8) is 0 Å². The van der Waals surface area contributed by atoms with E-state index in [1.807, 2.05) is 41.5 Å². The molecule has 0 aliphatic heterocycles. The Morgan fingerprint density at radius 3 is 0.612 bits per heavy atom. The minimum Gasteiger partial charge on any atom is -0.481 e. The van der Waals surface area contributed by atoms with Crippen LogP contribution < -0.4 is 51.6 Å². The van der Waals surface area contributed by atoms with E-state index in [0.717, 1.165) is 38.5 Å². The molecule has 0 aliphatic carbocycles. The van der Waals surface area contributed by atoms with E-state index in [9.17, 15) is 29.7 Å². The van der Waals surface area contributed by atoms with Gasteiger partial charge in [-0.2, -0.15) is 0 Å². The molecule has 0 spiro atoms. The summed E-state index contributed by atoms with van der Waals surface area (Å²) >= 11 is 0. The van der Waals surface area contributed by atoms with Crippen LogP contribution in [0.2, 0.25) is 0 Å². The normalized spacial score (nSPS) is 12.6. The van der Waals surface area contributed by atoms with Crippen molar-refractivity contribution in [2.24, 2.45) is 67.8 Å². The van der Waals surface area contributed by atoms with Gasteiger partial charge in [-0.15, -0.1) is 0 Å². The second-order valence-electron chi connectivity index (χ2n) is 13.8. The summed E-state index contributed by atoms with van der Waals surface area (Å²) in [5.41, 5.74) is 47.3. The molecule has 0 bridgehead atoms. The first-order valence-corrected chi connectivity index (χ1v) is 17.6. The Labute approximate surface area is 328 Å². The number of rotatable bonds is 24. The van der Waals surface area contributed by atoms with E-state index < -0.39 is 51.5 Å². The molecule has 0 amide bonds. The van der Waals surface area contributed by atoms with Crippen molar-refractivity contribution < 1.29 is 69.6 Å². The van der Waals surface area contributed by atoms with Gasteiger partial charge in [0.15, 0.2) is 0 Å². The fourth-order valence-electron chi connectivity index (χ4n) is 5.72. The zero-order valence-electron chi connectivity index (χ0n) is 31.3. The number of hydrogen-bond acceptors (Lipinski definition) is 12. The minimum atomic E-state index is -1.13. The van der Waals surface area contributed by atoms with Crippen LogP contribution in [-0.4, -0.2) is 50.6 Å². The molecular weight excluding hydrogens is 776 g/mol. The van der Waals surface area contributed by atoms with E-state index in [0.29, 0.717) is 77.0 Å². The van der Waals surface area contributed by atoms with Crippen LogP contribution >= 0.6 is 0 Å². The van der Waals surface area contributed by atoms with Gasteiger partial charge in [-0.25, -0.2) is 0 Å². The van der Waals surface area contributed by atoms with E-state index in [2.05, 4.69) is 0 Å². The van der Waals surface area contributed by atoms with Crippen LogP contribution in [0.25, 0.3) is 0 Å². The number of hydrogen-bond donors (Lipinski definition) is 12. The Morgan fingerprint density at radius 1 is 0.367 bits per heavy atom. The van der Waals surface area contributed by atoms with Crippen molar-refractivity contribution in [1.82, 2.24) is 0 Å². The largest absolute Gasteiger partial charge is 0.481 e. The molecule has 0 rings (SSSR count). The van der Waals surface area contributed by atoms with Crippen LogP contribution in [0.5, 0.6) is 0 Å². The van der Waals surface area contributed by atoms with Crippen LogP contribution in [-0.2, 0) is 14.4 Å². The maximum absolute atomic E-state index is 11.2. The number of unbranched alkanes of at least 4 members (excludes halogenated alkanes) is 3. The van der Waals surface area contributed by atoms with Gasteiger partial charge in [0.05, 0.1) is 16.2 Å². The quantitative estimate of drug-likeness (QED) is 0.0491. The molecular formula is C33H75GdN9O6. The Hall–Kier alpha value is -0.625. The van der Waals surface area contributed by atoms with Crippen molar-refractivity contribution in [1.29, 1.82) is 0 Å². The Kier molecular flexibility index (Phi) is 29.5. The van der Waals surface area contributed by atoms with E-state index in [1.54, 1.807) is 0 Å². The van der Waals surface area contributed by atoms with Crippen LogP contribution in [0.3, 0.4) is 0 Å². The van der Waals surface area contributed by atoms with Gasteiger partial charge in [-0.3, -0.25) is 14.4 Å². The molecule has 0 aromatic rings. The second-order valence-corrected chi connectivity index (χ2v) is 13.8. The van der Waals surface area contributed by atoms with Crippen molar-refractivity contribution in [2.75, 3.05) is 0 Å². The van der Waals surface area contributed by atoms with Gasteiger partial charge in [-0.1, -0.05) is 60.8 Å². The summed E-state index contributed by atoms with van der Waals surface area (Å²) < 4.78 is 0. The van der Waals surface area contributed by atoms with E-state index in [1.165, 1.54) is 0 Å². The molecule has 16 heteroatoms. The number of aliphatic carboxylic acids is 3. The van der Waals surface area contributed by atoms with Crippen LogP contribution in [0, 0.1) is 56.2 Å². The standard InChI is InChI=1S/3C11H25N3O2.Gd/c3*1-3-10(4-2,9(15)16)7-5-6-8-11(12,13)14;/h3*3-8,12-14H2,1-2H3,(H,15,16);. The number of carboxylic acids is 3. The first-order valence-electron chi connectivity index (χ1n) is 17.6. The van der Waals surface area contributed by atoms with Crippen molar-refractivity contribution in [3.8, 4) is 0 Å². The number of nitrogens with two attached hydrogens (primary N) is 9. The molecule has 0 aromatic heterocycles. The van der Waals surface area contributed by atoms with Gasteiger partial charge in [0.2, 0.25) is 0 Å². The number of carboxylic acid groups (broad SMARTS) is 3. The van der Waals surface area contributed by atoms with E-state index in [4.69, 9.17) is 51.6 Å². The molecule has 296 valence electrons. The van der Waals surface area contributed by atoms with Crippen LogP contribution in [0.1, 0.15) is 157 Å². The van der Waals surface area contributed by atoms with Gasteiger partial charge >= 0.3 is 17.9 Å². The molecule has 0 radical (unpaired) electrons. The summed E-state index contributed by atoms with van der Waals surface area (Å²) in [6.45, 7) is 11.5. The summed E-state index contributed by atoms with van der Waals surface area (Å²) in [4.78, 5) is 33.6. The third kappa shape index (κ3) is 25.1. The van der Waals surface area contributed by atoms with Crippen LogP contribution in [0.4, 0.5) is 0 Å². The van der Waals surface area contributed by atoms with Gasteiger partial charge < -0.3 is 66.9 Å². The van der Waals surface area contributed by atoms with Gasteiger partial charge in [0, 0.05) is 39.9 Å². The summed E-state index contributed by atoms with van der Waals surface area (Å²) in [6.07, 6.45) is 12.1. The maximum Gasteiger partial charge on any atom is 0.309 e. The van der Waals surface area contributed by atoms with E-state index >= 15 is 0 Å². The molecule has 0 atom stereocenters. The fourth-order valence-corrected chi connectivity index (χ4v) is 5.72. The molecule has 0 aromatic carbocycles. The van der Waals surface area contributed by atoms with Crippen molar-refractivity contribution in [2.45, 2.75) is 174 Å². The average Bonchev–Trinajstić information content (AvgIpc) is 2.97. The smallest absolute Gasteiger partial charge is 0.309 e. The molecule has 0 aliphatic rings. The monoisotopic (exact) mass is 852 g/mol. The van der Waals surface area contributed by atoms with E-state index in [-0.39, 0.29) is 39.9 Å². The summed E-state index contributed by atoms with van der Waals surface area (Å²) in [6, 6.07) is 0. The summed E-state index contributed by atoms with van der Waals surface area (Å²) in [5, 5.41) is 27.6. The molecule has 0 unspecified atom stereocenters. The van der Waals surface area contributed by atoms with Crippen molar-refractivity contribution >= 4 is 17.9 Å². The zero-order valence-corrected chi connectivity index (χ0v) is 33.6. The predicted molar refractivity (Wildman–Crippen MR) is 193 cm³/mol. The molecule has 0 fully saturated rings. The van der Waals surface area contributed by atoms with Crippen molar-refractivity contribution in [3.05, 3.63) is 0 Å². The average molecular weight is 851 g/mol. The predicted octanol–water partition coefficient (Wildman–Crippen LogP) is 2.90. The fraction of sp³-hybridized carbons (Fsp3) is 0.909. The molecule has 0 saturated heterocycles. The molecule has 15 nitrogen and oxygen atoms in total. The first-order chi connectivity index (χ1) is 21.8. The van der Waals surface area contributed by atoms with Gasteiger partial charge in [0.25, 0.3) is 0 Å². The first kappa shape index (κ1) is 55.1. The number of carbonyl (C=O) groups is 3. The van der Waals surface area contributed by atoms with Gasteiger partial charge in [-0.05, 0) is 96.3 Å². The Morgan fingerprint density at radius 2 is 0.510 bits per heavy atom. The summed E-state index contributed by atoms with van der Waals surface area (Å²) in [7, 11) is 0. The Balaban J connectivity index is -0.000000307. The minimum absolute atomic E-state index is 0. The maximum atomic E-state index is 11.2. The molecule has 0 heterocycles. The summed E-state index contributed by atoms with van der Waals surface area (Å²) in [5.74, 6) is -5.54. The third-order valence-corrected chi connectivity index (χ3v) is 9.97.